The molecule has 6 nitrogen and oxygen atoms in total. The van der Waals surface area contributed by atoms with Crippen molar-refractivity contribution in [1.29, 1.82) is 0 Å². The smallest absolute Gasteiger partial charge is 0.387 e. The van der Waals surface area contributed by atoms with Gasteiger partial charge < -0.3 is 19.2 Å². The maximum atomic E-state index is 13.3. The Balaban J connectivity index is 1.44. The molecule has 8 heteroatoms. The predicted molar refractivity (Wildman–Crippen MR) is 108 cm³/mol. The summed E-state index contributed by atoms with van der Waals surface area (Å²) < 4.78 is 32.9. The molecule has 0 spiro atoms. The highest BCUT2D eigenvalue weighted by atomic mass is 19.3. The number of imidazole rings is 1. The number of aromatic nitrogens is 3. The first-order valence-electron chi connectivity index (χ1n) is 10.1. The molecular formula is C22H22F2N4O2. The van der Waals surface area contributed by atoms with E-state index < -0.39 is 6.61 Å². The first-order chi connectivity index (χ1) is 14.6. The van der Waals surface area contributed by atoms with Gasteiger partial charge in [-0.05, 0) is 48.7 Å². The Morgan fingerprint density at radius 1 is 1.17 bits per heavy atom. The zero-order valence-electron chi connectivity index (χ0n) is 16.3. The van der Waals surface area contributed by atoms with Crippen molar-refractivity contribution in [2.45, 2.75) is 32.0 Å². The molecule has 3 aromatic rings. The molecule has 2 aliphatic heterocycles. The average Bonchev–Trinajstić information content (AvgIpc) is 3.18. The Bertz CT molecular complexity index is 1110. The van der Waals surface area contributed by atoms with Gasteiger partial charge in [0.1, 0.15) is 11.6 Å². The molecule has 1 fully saturated rings. The fourth-order valence-electron chi connectivity index (χ4n) is 4.61. The lowest BCUT2D eigenvalue weighted by Gasteiger charge is -2.37. The van der Waals surface area contributed by atoms with Crippen LogP contribution in [0.5, 0.6) is 5.75 Å². The number of piperidine rings is 1. The zero-order chi connectivity index (χ0) is 20.7. The molecule has 30 heavy (non-hydrogen) atoms. The Morgan fingerprint density at radius 3 is 2.80 bits per heavy atom. The summed E-state index contributed by atoms with van der Waals surface area (Å²) in [6, 6.07) is 10.4. The molecule has 1 saturated heterocycles. The van der Waals surface area contributed by atoms with E-state index in [1.54, 1.807) is 18.3 Å². The first kappa shape index (κ1) is 19.0. The van der Waals surface area contributed by atoms with Crippen molar-refractivity contribution < 1.29 is 13.5 Å². The van der Waals surface area contributed by atoms with Crippen LogP contribution in [0.15, 0.2) is 53.6 Å². The summed E-state index contributed by atoms with van der Waals surface area (Å²) in [6.45, 7) is 0.226. The minimum Gasteiger partial charge on any atom is -0.435 e. The molecule has 1 N–H and O–H groups in total. The van der Waals surface area contributed by atoms with Gasteiger partial charge in [-0.15, -0.1) is 0 Å². The van der Waals surface area contributed by atoms with Crippen LogP contribution < -0.4 is 15.6 Å². The van der Waals surface area contributed by atoms with Crippen molar-refractivity contribution in [3.05, 3.63) is 70.4 Å². The lowest BCUT2D eigenvalue weighted by atomic mass is 9.84. The quantitative estimate of drug-likeness (QED) is 0.700. The van der Waals surface area contributed by atoms with Gasteiger partial charge in [-0.25, -0.2) is 4.98 Å². The number of rotatable bonds is 5. The van der Waals surface area contributed by atoms with E-state index in [1.807, 2.05) is 21.4 Å². The molecule has 0 radical (unpaired) electrons. The monoisotopic (exact) mass is 412 g/mol. The zero-order valence-corrected chi connectivity index (χ0v) is 16.3. The fourth-order valence-corrected chi connectivity index (χ4v) is 4.61. The molecule has 5 rings (SSSR count). The second-order valence-electron chi connectivity index (χ2n) is 7.95. The number of ether oxygens (including phenoxy) is 1. The normalized spacial score (nSPS) is 20.2. The lowest BCUT2D eigenvalue weighted by molar-refractivity contribution is -0.0498. The lowest BCUT2D eigenvalue weighted by Crippen LogP contribution is -2.45. The van der Waals surface area contributed by atoms with Crippen molar-refractivity contribution in [3.8, 4) is 17.1 Å². The van der Waals surface area contributed by atoms with Gasteiger partial charge in [0.15, 0.2) is 0 Å². The summed E-state index contributed by atoms with van der Waals surface area (Å²) in [5.41, 5.74) is 2.57. The summed E-state index contributed by atoms with van der Waals surface area (Å²) in [4.78, 5) is 17.7. The van der Waals surface area contributed by atoms with E-state index in [-0.39, 0.29) is 11.3 Å². The van der Waals surface area contributed by atoms with E-state index in [0.717, 1.165) is 37.3 Å². The predicted octanol–water partition coefficient (Wildman–Crippen LogP) is 3.07. The Hall–Kier alpha value is -3.00. The second-order valence-corrected chi connectivity index (χ2v) is 7.95. The van der Waals surface area contributed by atoms with E-state index in [2.05, 4.69) is 21.1 Å². The number of nitrogens with zero attached hydrogens (tertiary/aromatic N) is 3. The number of fused-ring (bicyclic) bond motifs is 4. The van der Waals surface area contributed by atoms with Crippen LogP contribution in [0, 0.1) is 5.92 Å². The molecule has 0 unspecified atom stereocenters. The Labute approximate surface area is 172 Å². The molecule has 2 atom stereocenters. The molecular weight excluding hydrogens is 390 g/mol. The Kier molecular flexibility index (Phi) is 4.86. The molecule has 156 valence electrons. The number of hydrogen-bond donors (Lipinski definition) is 1. The molecule has 0 aliphatic carbocycles. The van der Waals surface area contributed by atoms with Crippen molar-refractivity contribution in [1.82, 2.24) is 19.4 Å². The second kappa shape index (κ2) is 7.68. The van der Waals surface area contributed by atoms with Gasteiger partial charge in [0.2, 0.25) is 0 Å². The number of benzene rings is 1. The van der Waals surface area contributed by atoms with Crippen LogP contribution in [0.3, 0.4) is 0 Å². The standard InChI is InChI=1S/C22H22F2N4O2/c23-22(24)30-17-3-1-14(2-4-17)12-27-8-7-26-20(27)18-5-6-19-16-9-15(10-25-11-16)13-28(19)21(18)29/h1-8,15-16,22,25H,9-13H2/t15-,16+/m0/s1. The van der Waals surface area contributed by atoms with E-state index in [9.17, 15) is 13.6 Å². The summed E-state index contributed by atoms with van der Waals surface area (Å²) in [5.74, 6) is 1.59. The molecule has 2 aliphatic rings. The third-order valence-corrected chi connectivity index (χ3v) is 5.97. The third-order valence-electron chi connectivity index (χ3n) is 5.97. The van der Waals surface area contributed by atoms with Crippen molar-refractivity contribution >= 4 is 0 Å². The van der Waals surface area contributed by atoms with Crippen LogP contribution in [-0.4, -0.2) is 33.8 Å². The number of halogens is 2. The van der Waals surface area contributed by atoms with E-state index in [1.165, 1.54) is 12.1 Å². The first-order valence-corrected chi connectivity index (χ1v) is 10.1. The molecule has 2 bridgehead atoms. The van der Waals surface area contributed by atoms with E-state index in [0.29, 0.717) is 29.8 Å². The van der Waals surface area contributed by atoms with Gasteiger partial charge >= 0.3 is 6.61 Å². The molecule has 1 aromatic carbocycles. The topological polar surface area (TPSA) is 61.1 Å². The minimum absolute atomic E-state index is 0.00256. The maximum absolute atomic E-state index is 13.3. The molecule has 4 heterocycles. The van der Waals surface area contributed by atoms with Gasteiger partial charge in [-0.3, -0.25) is 4.79 Å². The largest absolute Gasteiger partial charge is 0.435 e. The summed E-state index contributed by atoms with van der Waals surface area (Å²) in [7, 11) is 0. The van der Waals surface area contributed by atoms with Crippen LogP contribution in [0.4, 0.5) is 8.78 Å². The minimum atomic E-state index is -2.84. The number of hydrogen-bond acceptors (Lipinski definition) is 4. The van der Waals surface area contributed by atoms with Crippen molar-refractivity contribution in [2.24, 2.45) is 5.92 Å². The van der Waals surface area contributed by atoms with Crippen LogP contribution in [0.25, 0.3) is 11.4 Å². The summed E-state index contributed by atoms with van der Waals surface area (Å²) in [6.07, 6.45) is 4.62. The number of nitrogens with one attached hydrogen (secondary N) is 1. The van der Waals surface area contributed by atoms with Gasteiger partial charge in [0, 0.05) is 43.6 Å². The maximum Gasteiger partial charge on any atom is 0.387 e. The highest BCUT2D eigenvalue weighted by Gasteiger charge is 2.31. The molecule has 0 saturated carbocycles. The van der Waals surface area contributed by atoms with Crippen LogP contribution in [0.1, 0.15) is 23.6 Å². The van der Waals surface area contributed by atoms with E-state index >= 15 is 0 Å². The highest BCUT2D eigenvalue weighted by Crippen LogP contribution is 2.32. The molecule has 0 amide bonds. The summed E-state index contributed by atoms with van der Waals surface area (Å²) >= 11 is 0. The van der Waals surface area contributed by atoms with Gasteiger partial charge in [0.25, 0.3) is 5.56 Å². The Morgan fingerprint density at radius 2 is 2.00 bits per heavy atom. The number of pyridine rings is 1. The molecule has 2 aromatic heterocycles. The van der Waals surface area contributed by atoms with Gasteiger partial charge in [-0.1, -0.05) is 12.1 Å². The fraction of sp³-hybridized carbons (Fsp3) is 0.364. The van der Waals surface area contributed by atoms with Gasteiger partial charge in [0.05, 0.1) is 5.56 Å². The van der Waals surface area contributed by atoms with Crippen LogP contribution >= 0.6 is 0 Å². The van der Waals surface area contributed by atoms with Gasteiger partial charge in [-0.2, -0.15) is 8.78 Å². The van der Waals surface area contributed by atoms with Crippen LogP contribution in [0.2, 0.25) is 0 Å². The van der Waals surface area contributed by atoms with E-state index in [4.69, 9.17) is 0 Å². The summed E-state index contributed by atoms with van der Waals surface area (Å²) in [5, 5.41) is 3.46. The van der Waals surface area contributed by atoms with Crippen molar-refractivity contribution in [2.75, 3.05) is 13.1 Å². The SMILES string of the molecule is O=c1c(-c2nccn2Cc2ccc(OC(F)F)cc2)ccc2n1C[C@@H]1CNC[C@H]2C1. The van der Waals surface area contributed by atoms with Crippen LogP contribution in [-0.2, 0) is 13.1 Å². The third kappa shape index (κ3) is 3.52. The highest BCUT2D eigenvalue weighted by molar-refractivity contribution is 5.55. The average molecular weight is 412 g/mol. The van der Waals surface area contributed by atoms with Crippen molar-refractivity contribution in [3.63, 3.8) is 0 Å². The number of alkyl halides is 2.